The maximum Gasteiger partial charge on any atom is 0.0329 e. The molecule has 17 heavy (non-hydrogen) atoms. The predicted molar refractivity (Wildman–Crippen MR) is 77.4 cm³/mol. The molecule has 0 spiro atoms. The summed E-state index contributed by atoms with van der Waals surface area (Å²) in [5, 5.41) is 0. The number of aliphatic imine (C=N–C) groups is 1. The second-order valence-electron chi connectivity index (χ2n) is 5.46. The van der Waals surface area contributed by atoms with Crippen LogP contribution >= 0.6 is 0 Å². The highest BCUT2D eigenvalue weighted by molar-refractivity contribution is 5.86. The lowest BCUT2D eigenvalue weighted by atomic mass is 9.90. The Morgan fingerprint density at radius 1 is 1.29 bits per heavy atom. The summed E-state index contributed by atoms with van der Waals surface area (Å²) in [5.41, 5.74) is 4.44. The molecule has 0 aromatic heterocycles. The third-order valence-electron chi connectivity index (χ3n) is 4.30. The lowest BCUT2D eigenvalue weighted by molar-refractivity contribution is 0.578. The van der Waals surface area contributed by atoms with Gasteiger partial charge in [0.05, 0.1) is 0 Å². The van der Waals surface area contributed by atoms with Crippen molar-refractivity contribution in [1.29, 1.82) is 0 Å². The Hall–Kier alpha value is -0.850. The van der Waals surface area contributed by atoms with Crippen molar-refractivity contribution >= 4 is 5.71 Å². The number of hydrogen-bond donors (Lipinski definition) is 0. The summed E-state index contributed by atoms with van der Waals surface area (Å²) in [6.07, 6.45) is 8.51. The molecule has 0 aliphatic heterocycles. The summed E-state index contributed by atoms with van der Waals surface area (Å²) in [4.78, 5) is 4.61. The van der Waals surface area contributed by atoms with Gasteiger partial charge in [-0.15, -0.1) is 0 Å². The van der Waals surface area contributed by atoms with Crippen LogP contribution in [0.15, 0.2) is 28.4 Å². The van der Waals surface area contributed by atoms with Gasteiger partial charge in [0.25, 0.3) is 0 Å². The second-order valence-corrected chi connectivity index (χ2v) is 5.46. The maximum absolute atomic E-state index is 4.61. The van der Waals surface area contributed by atoms with Gasteiger partial charge in [-0.3, -0.25) is 4.99 Å². The Morgan fingerprint density at radius 3 is 2.29 bits per heavy atom. The Morgan fingerprint density at radius 2 is 1.88 bits per heavy atom. The number of rotatable bonds is 5. The van der Waals surface area contributed by atoms with Crippen LogP contribution in [0.4, 0.5) is 0 Å². The van der Waals surface area contributed by atoms with E-state index in [-0.39, 0.29) is 0 Å². The Bertz CT molecular complexity index is 354. The van der Waals surface area contributed by atoms with Crippen LogP contribution in [0.5, 0.6) is 0 Å². The predicted octanol–water partition coefficient (Wildman–Crippen LogP) is 5.14. The average molecular weight is 233 g/mol. The minimum absolute atomic E-state index is 0.453. The van der Waals surface area contributed by atoms with Crippen molar-refractivity contribution in [2.45, 2.75) is 60.8 Å². The van der Waals surface area contributed by atoms with Crippen molar-refractivity contribution < 1.29 is 0 Å². The van der Waals surface area contributed by atoms with Gasteiger partial charge in [0, 0.05) is 17.3 Å². The highest BCUT2D eigenvalue weighted by atomic mass is 14.7. The zero-order valence-corrected chi connectivity index (χ0v) is 12.3. The number of nitrogens with zero attached hydrogens (tertiary/aromatic N) is 1. The fraction of sp³-hybridized carbons (Fsp3) is 0.688. The van der Waals surface area contributed by atoms with E-state index in [1.54, 1.807) is 5.57 Å². The smallest absolute Gasteiger partial charge is 0.0329 e. The van der Waals surface area contributed by atoms with Gasteiger partial charge in [0.15, 0.2) is 0 Å². The molecule has 0 N–H and O–H groups in total. The van der Waals surface area contributed by atoms with Crippen LogP contribution in [0.2, 0.25) is 0 Å². The van der Waals surface area contributed by atoms with E-state index in [4.69, 9.17) is 0 Å². The molecule has 1 aliphatic carbocycles. The summed E-state index contributed by atoms with van der Waals surface area (Å²) in [5.74, 6) is 0.453. The largest absolute Gasteiger partial charge is 0.263 e. The van der Waals surface area contributed by atoms with Gasteiger partial charge < -0.3 is 0 Å². The number of hydrogen-bond acceptors (Lipinski definition) is 1. The van der Waals surface area contributed by atoms with E-state index in [9.17, 15) is 0 Å². The van der Waals surface area contributed by atoms with Crippen molar-refractivity contribution in [3.05, 3.63) is 23.4 Å². The van der Waals surface area contributed by atoms with E-state index in [0.717, 1.165) is 5.70 Å². The standard InChI is InChI=1S/C16H27N/c1-7-14(5)17-15(6)12(3)11-13(4)16(8-2)9-10-16/h7,11-12H,8-10H2,1-6H3/b13-11+,14-7-,17-15?. The normalized spacial score (nSPS) is 22.6. The minimum Gasteiger partial charge on any atom is -0.263 e. The van der Waals surface area contributed by atoms with Gasteiger partial charge in [0.2, 0.25) is 0 Å². The molecule has 1 nitrogen and oxygen atoms in total. The van der Waals surface area contributed by atoms with Crippen molar-refractivity contribution in [3.8, 4) is 0 Å². The first kappa shape index (κ1) is 14.2. The quantitative estimate of drug-likeness (QED) is 0.460. The fourth-order valence-corrected chi connectivity index (χ4v) is 2.29. The van der Waals surface area contributed by atoms with E-state index in [1.807, 2.05) is 6.92 Å². The summed E-state index contributed by atoms with van der Waals surface area (Å²) >= 11 is 0. The molecule has 0 saturated heterocycles. The van der Waals surface area contributed by atoms with Crippen LogP contribution in [0.3, 0.4) is 0 Å². The van der Waals surface area contributed by atoms with E-state index < -0.39 is 0 Å². The van der Waals surface area contributed by atoms with E-state index in [1.165, 1.54) is 25.0 Å². The lowest BCUT2D eigenvalue weighted by Gasteiger charge is -2.16. The van der Waals surface area contributed by atoms with Crippen molar-refractivity contribution in [2.75, 3.05) is 0 Å². The van der Waals surface area contributed by atoms with Gasteiger partial charge in [-0.2, -0.15) is 0 Å². The molecule has 1 rings (SSSR count). The van der Waals surface area contributed by atoms with Crippen LogP contribution in [-0.2, 0) is 0 Å². The highest BCUT2D eigenvalue weighted by Gasteiger charge is 2.42. The number of allylic oxidation sites excluding steroid dienone is 4. The minimum atomic E-state index is 0.453. The zero-order chi connectivity index (χ0) is 13.1. The third kappa shape index (κ3) is 3.55. The molecule has 0 radical (unpaired) electrons. The maximum atomic E-state index is 4.61. The Kier molecular flexibility index (Phi) is 4.73. The van der Waals surface area contributed by atoms with Crippen molar-refractivity contribution in [2.24, 2.45) is 16.3 Å². The van der Waals surface area contributed by atoms with E-state index in [2.05, 4.69) is 51.8 Å². The summed E-state index contributed by atoms with van der Waals surface area (Å²) in [7, 11) is 0. The molecule has 1 unspecified atom stereocenters. The molecule has 0 aromatic rings. The highest BCUT2D eigenvalue weighted by Crippen LogP contribution is 2.54. The summed E-state index contributed by atoms with van der Waals surface area (Å²) in [6.45, 7) is 13.1. The fourth-order valence-electron chi connectivity index (χ4n) is 2.29. The molecule has 1 heteroatoms. The van der Waals surface area contributed by atoms with E-state index in [0.29, 0.717) is 11.3 Å². The van der Waals surface area contributed by atoms with Gasteiger partial charge >= 0.3 is 0 Å². The first-order chi connectivity index (χ1) is 7.95. The Labute approximate surface area is 107 Å². The van der Waals surface area contributed by atoms with Crippen molar-refractivity contribution in [1.82, 2.24) is 0 Å². The zero-order valence-electron chi connectivity index (χ0n) is 12.3. The molecule has 96 valence electrons. The van der Waals surface area contributed by atoms with Crippen LogP contribution < -0.4 is 0 Å². The third-order valence-corrected chi connectivity index (χ3v) is 4.30. The van der Waals surface area contributed by atoms with Gasteiger partial charge in [-0.25, -0.2) is 0 Å². The van der Waals surface area contributed by atoms with Gasteiger partial charge in [-0.05, 0) is 52.4 Å². The molecular formula is C16H27N. The molecule has 1 fully saturated rings. The lowest BCUT2D eigenvalue weighted by Crippen LogP contribution is -2.08. The topological polar surface area (TPSA) is 12.4 Å². The van der Waals surface area contributed by atoms with Gasteiger partial charge in [0.1, 0.15) is 0 Å². The molecule has 1 aliphatic rings. The summed E-state index contributed by atoms with van der Waals surface area (Å²) in [6, 6.07) is 0. The van der Waals surface area contributed by atoms with Crippen LogP contribution in [0.25, 0.3) is 0 Å². The Balaban J connectivity index is 2.75. The molecule has 0 amide bonds. The first-order valence-electron chi connectivity index (χ1n) is 6.82. The second kappa shape index (κ2) is 5.66. The molecule has 1 saturated carbocycles. The van der Waals surface area contributed by atoms with E-state index >= 15 is 0 Å². The SMILES string of the molecule is C/C=C(/C)N=C(C)C(C)/C=C(\C)C1(CC)CC1. The van der Waals surface area contributed by atoms with Crippen molar-refractivity contribution in [3.63, 3.8) is 0 Å². The molecule has 1 atom stereocenters. The summed E-state index contributed by atoms with van der Waals surface area (Å²) < 4.78 is 0. The monoisotopic (exact) mass is 233 g/mol. The molecule has 0 heterocycles. The average Bonchev–Trinajstić information content (AvgIpc) is 3.09. The van der Waals surface area contributed by atoms with Crippen LogP contribution in [-0.4, -0.2) is 5.71 Å². The van der Waals surface area contributed by atoms with Crippen LogP contribution in [0, 0.1) is 11.3 Å². The molecule has 0 aromatic carbocycles. The first-order valence-corrected chi connectivity index (χ1v) is 6.82. The van der Waals surface area contributed by atoms with Gasteiger partial charge in [-0.1, -0.05) is 31.6 Å². The molecular weight excluding hydrogens is 206 g/mol. The van der Waals surface area contributed by atoms with Crippen LogP contribution in [0.1, 0.15) is 60.8 Å². The molecule has 0 bridgehead atoms.